The molecule has 0 fully saturated rings. The van der Waals surface area contributed by atoms with Crippen LogP contribution in [0.2, 0.25) is 0 Å². The maximum atomic E-state index is 5.00. The Labute approximate surface area is 75.9 Å². The van der Waals surface area contributed by atoms with E-state index in [9.17, 15) is 0 Å². The summed E-state index contributed by atoms with van der Waals surface area (Å²) in [4.78, 5) is 0. The molecule has 0 aromatic rings. The average molecular weight is 174 g/mol. The number of methoxy groups -OCH3 is 1. The molecular formula is C9H22N2O. The molecule has 0 rings (SSSR count). The molecule has 0 heterocycles. The molecule has 3 heteroatoms. The topological polar surface area (TPSA) is 33.3 Å². The zero-order valence-corrected chi connectivity index (χ0v) is 8.52. The molecule has 0 spiro atoms. The van der Waals surface area contributed by atoms with Crippen molar-refractivity contribution >= 4 is 0 Å². The highest BCUT2D eigenvalue weighted by Gasteiger charge is 1.97. The quantitative estimate of drug-likeness (QED) is 0.529. The maximum Gasteiger partial charge on any atom is 0.0613 e. The van der Waals surface area contributed by atoms with Crippen LogP contribution in [0.3, 0.4) is 0 Å². The smallest absolute Gasteiger partial charge is 0.0613 e. The first-order chi connectivity index (χ1) is 5.81. The molecule has 0 radical (unpaired) electrons. The first-order valence-electron chi connectivity index (χ1n) is 4.74. The Kier molecular flexibility index (Phi) is 8.88. The van der Waals surface area contributed by atoms with E-state index >= 15 is 0 Å². The van der Waals surface area contributed by atoms with Crippen molar-refractivity contribution in [3.8, 4) is 0 Å². The minimum atomic E-state index is 0.457. The molecule has 0 saturated carbocycles. The molecule has 0 aliphatic heterocycles. The highest BCUT2D eigenvalue weighted by Crippen LogP contribution is 1.80. The predicted molar refractivity (Wildman–Crippen MR) is 52.5 cm³/mol. The van der Waals surface area contributed by atoms with Gasteiger partial charge in [-0.1, -0.05) is 6.92 Å². The van der Waals surface area contributed by atoms with Crippen LogP contribution >= 0.6 is 0 Å². The fraction of sp³-hybridized carbons (Fsp3) is 1.00. The van der Waals surface area contributed by atoms with Crippen LogP contribution in [-0.2, 0) is 4.74 Å². The Morgan fingerprint density at radius 2 is 2.00 bits per heavy atom. The summed E-state index contributed by atoms with van der Waals surface area (Å²) in [6.45, 7) is 8.26. The lowest BCUT2D eigenvalue weighted by atomic mass is 10.3. The fourth-order valence-corrected chi connectivity index (χ4v) is 1.02. The molecule has 0 amide bonds. The number of hydrogen-bond acceptors (Lipinski definition) is 3. The van der Waals surface area contributed by atoms with Gasteiger partial charge in [0, 0.05) is 26.2 Å². The third kappa shape index (κ3) is 7.98. The second-order valence-corrected chi connectivity index (χ2v) is 3.06. The van der Waals surface area contributed by atoms with Gasteiger partial charge in [-0.3, -0.25) is 0 Å². The van der Waals surface area contributed by atoms with E-state index in [4.69, 9.17) is 4.74 Å². The van der Waals surface area contributed by atoms with Crippen LogP contribution in [0.5, 0.6) is 0 Å². The van der Waals surface area contributed by atoms with Crippen LogP contribution < -0.4 is 10.6 Å². The third-order valence-corrected chi connectivity index (χ3v) is 1.64. The Morgan fingerprint density at radius 3 is 2.58 bits per heavy atom. The molecule has 2 N–H and O–H groups in total. The standard InChI is InChI=1S/C9H22N2O/c1-4-5-10-6-7-11-9(2)8-12-3/h9-11H,4-8H2,1-3H3. The van der Waals surface area contributed by atoms with Crippen molar-refractivity contribution < 1.29 is 4.74 Å². The largest absolute Gasteiger partial charge is 0.383 e. The zero-order chi connectivity index (χ0) is 9.23. The Hall–Kier alpha value is -0.120. The van der Waals surface area contributed by atoms with Crippen LogP contribution in [0.4, 0.5) is 0 Å². The number of rotatable bonds is 8. The van der Waals surface area contributed by atoms with E-state index in [0.29, 0.717) is 6.04 Å². The van der Waals surface area contributed by atoms with Gasteiger partial charge in [0.1, 0.15) is 0 Å². The molecule has 3 nitrogen and oxygen atoms in total. The van der Waals surface area contributed by atoms with Crippen LogP contribution in [0.25, 0.3) is 0 Å². The van der Waals surface area contributed by atoms with E-state index in [0.717, 1.165) is 26.2 Å². The molecule has 12 heavy (non-hydrogen) atoms. The lowest BCUT2D eigenvalue weighted by molar-refractivity contribution is 0.172. The zero-order valence-electron chi connectivity index (χ0n) is 8.52. The normalized spacial score (nSPS) is 13.2. The van der Waals surface area contributed by atoms with Crippen molar-refractivity contribution in [2.24, 2.45) is 0 Å². The Bertz CT molecular complexity index is 88.6. The SMILES string of the molecule is CCCNCCNC(C)COC. The van der Waals surface area contributed by atoms with Crippen LogP contribution in [-0.4, -0.2) is 39.4 Å². The Balaban J connectivity index is 2.97. The predicted octanol–water partition coefficient (Wildman–Crippen LogP) is 0.610. The summed E-state index contributed by atoms with van der Waals surface area (Å²) in [7, 11) is 1.73. The highest BCUT2D eigenvalue weighted by molar-refractivity contribution is 4.59. The molecule has 0 aromatic heterocycles. The van der Waals surface area contributed by atoms with E-state index in [-0.39, 0.29) is 0 Å². The summed E-state index contributed by atoms with van der Waals surface area (Å²) >= 11 is 0. The summed E-state index contributed by atoms with van der Waals surface area (Å²) in [6, 6.07) is 0.457. The summed E-state index contributed by atoms with van der Waals surface area (Å²) in [5.74, 6) is 0. The van der Waals surface area contributed by atoms with Gasteiger partial charge in [-0.05, 0) is 19.9 Å². The molecule has 0 bridgehead atoms. The van der Waals surface area contributed by atoms with Gasteiger partial charge in [0.25, 0.3) is 0 Å². The first kappa shape index (κ1) is 11.9. The van der Waals surface area contributed by atoms with Crippen LogP contribution in [0, 0.1) is 0 Å². The van der Waals surface area contributed by atoms with Gasteiger partial charge >= 0.3 is 0 Å². The summed E-state index contributed by atoms with van der Waals surface area (Å²) in [5.41, 5.74) is 0. The van der Waals surface area contributed by atoms with Crippen molar-refractivity contribution in [1.82, 2.24) is 10.6 Å². The number of ether oxygens (including phenoxy) is 1. The minimum Gasteiger partial charge on any atom is -0.383 e. The molecule has 0 saturated heterocycles. The molecule has 1 unspecified atom stereocenters. The Morgan fingerprint density at radius 1 is 1.25 bits per heavy atom. The monoisotopic (exact) mass is 174 g/mol. The molecule has 1 atom stereocenters. The van der Waals surface area contributed by atoms with Gasteiger partial charge in [-0.15, -0.1) is 0 Å². The number of nitrogens with one attached hydrogen (secondary N) is 2. The van der Waals surface area contributed by atoms with Gasteiger partial charge < -0.3 is 15.4 Å². The van der Waals surface area contributed by atoms with E-state index in [1.165, 1.54) is 6.42 Å². The first-order valence-corrected chi connectivity index (χ1v) is 4.74. The van der Waals surface area contributed by atoms with Crippen molar-refractivity contribution in [3.05, 3.63) is 0 Å². The van der Waals surface area contributed by atoms with E-state index in [1.807, 2.05) is 0 Å². The number of hydrogen-bond donors (Lipinski definition) is 2. The average Bonchev–Trinajstić information content (AvgIpc) is 2.05. The molecule has 0 aliphatic rings. The molecule has 0 aromatic carbocycles. The second kappa shape index (κ2) is 8.97. The van der Waals surface area contributed by atoms with Crippen LogP contribution in [0.1, 0.15) is 20.3 Å². The van der Waals surface area contributed by atoms with Crippen molar-refractivity contribution in [1.29, 1.82) is 0 Å². The van der Waals surface area contributed by atoms with Crippen molar-refractivity contribution in [2.45, 2.75) is 26.3 Å². The molecular weight excluding hydrogens is 152 g/mol. The van der Waals surface area contributed by atoms with Gasteiger partial charge in [0.15, 0.2) is 0 Å². The summed E-state index contributed by atoms with van der Waals surface area (Å²) in [5, 5.41) is 6.68. The fourth-order valence-electron chi connectivity index (χ4n) is 1.02. The van der Waals surface area contributed by atoms with E-state index in [2.05, 4.69) is 24.5 Å². The summed E-state index contributed by atoms with van der Waals surface area (Å²) in [6.07, 6.45) is 1.20. The third-order valence-electron chi connectivity index (χ3n) is 1.64. The lowest BCUT2D eigenvalue weighted by Gasteiger charge is -2.12. The van der Waals surface area contributed by atoms with Crippen LogP contribution in [0.15, 0.2) is 0 Å². The van der Waals surface area contributed by atoms with Crippen molar-refractivity contribution in [3.63, 3.8) is 0 Å². The minimum absolute atomic E-state index is 0.457. The second-order valence-electron chi connectivity index (χ2n) is 3.06. The highest BCUT2D eigenvalue weighted by atomic mass is 16.5. The van der Waals surface area contributed by atoms with Gasteiger partial charge in [0.2, 0.25) is 0 Å². The van der Waals surface area contributed by atoms with Gasteiger partial charge in [-0.2, -0.15) is 0 Å². The molecule has 0 aliphatic carbocycles. The lowest BCUT2D eigenvalue weighted by Crippen LogP contribution is -2.35. The van der Waals surface area contributed by atoms with Crippen molar-refractivity contribution in [2.75, 3.05) is 33.4 Å². The molecule has 74 valence electrons. The van der Waals surface area contributed by atoms with E-state index < -0.39 is 0 Å². The van der Waals surface area contributed by atoms with E-state index in [1.54, 1.807) is 7.11 Å². The van der Waals surface area contributed by atoms with Gasteiger partial charge in [0.05, 0.1) is 6.61 Å². The van der Waals surface area contributed by atoms with Gasteiger partial charge in [-0.25, -0.2) is 0 Å². The maximum absolute atomic E-state index is 5.00. The summed E-state index contributed by atoms with van der Waals surface area (Å²) < 4.78 is 5.00.